The third-order valence-corrected chi connectivity index (χ3v) is 5.62. The van der Waals surface area contributed by atoms with Crippen molar-refractivity contribution in [3.8, 4) is 11.5 Å². The zero-order chi connectivity index (χ0) is 20.1. The number of benzene rings is 2. The Labute approximate surface area is 172 Å². The minimum atomic E-state index is 0.134. The number of likely N-dealkylation sites (tertiary alicyclic amines) is 1. The van der Waals surface area contributed by atoms with Crippen LogP contribution >= 0.6 is 0 Å². The lowest BCUT2D eigenvalue weighted by molar-refractivity contribution is -0.131. The lowest BCUT2D eigenvalue weighted by Gasteiger charge is -2.28. The monoisotopic (exact) mass is 392 g/mol. The molecule has 2 aromatic carbocycles. The average Bonchev–Trinajstić information content (AvgIpc) is 3.24. The Kier molecular flexibility index (Phi) is 6.13. The molecule has 5 heteroatoms. The quantitative estimate of drug-likeness (QED) is 0.702. The van der Waals surface area contributed by atoms with E-state index in [2.05, 4.69) is 12.1 Å². The van der Waals surface area contributed by atoms with E-state index in [0.29, 0.717) is 19.5 Å². The molecule has 0 unspecified atom stereocenters. The molecule has 1 saturated heterocycles. The molecule has 2 aliphatic rings. The molecule has 0 spiro atoms. The first-order chi connectivity index (χ1) is 14.2. The fraction of sp³-hybridized carbons (Fsp3) is 0.417. The third-order valence-electron chi connectivity index (χ3n) is 5.62. The number of ether oxygens (including phenoxy) is 2. The van der Waals surface area contributed by atoms with Crippen LogP contribution in [0, 0.1) is 0 Å². The summed E-state index contributed by atoms with van der Waals surface area (Å²) in [6.07, 6.45) is 6.05. The summed E-state index contributed by atoms with van der Waals surface area (Å²) in [4.78, 5) is 19.3. The Balaban J connectivity index is 1.43. The van der Waals surface area contributed by atoms with E-state index in [1.165, 1.54) is 12.8 Å². The molecule has 1 heterocycles. The van der Waals surface area contributed by atoms with E-state index in [0.717, 1.165) is 47.7 Å². The number of amides is 1. The molecule has 152 valence electrons. The standard InChI is InChI=1S/C24H28N2O3/c1-28-22-12-11-19(15-23(22)29-21-9-5-6-10-21)25-20-13-14-26(24(27)16-20)17-18-7-3-2-4-8-18/h2-4,7-8,11-12,15,21H,5-6,9-10,13-14,16-17H2,1H3. The highest BCUT2D eigenvalue weighted by molar-refractivity contribution is 6.04. The van der Waals surface area contributed by atoms with Crippen molar-refractivity contribution >= 4 is 17.3 Å². The predicted octanol–water partition coefficient (Wildman–Crippen LogP) is 4.91. The number of nitrogens with zero attached hydrogens (tertiary/aromatic N) is 2. The molecule has 0 bridgehead atoms. The van der Waals surface area contributed by atoms with Crippen molar-refractivity contribution in [3.63, 3.8) is 0 Å². The van der Waals surface area contributed by atoms with Crippen LogP contribution in [0.25, 0.3) is 0 Å². The first kappa shape index (κ1) is 19.5. The van der Waals surface area contributed by atoms with Crippen LogP contribution < -0.4 is 9.47 Å². The van der Waals surface area contributed by atoms with Crippen molar-refractivity contribution in [1.82, 2.24) is 4.90 Å². The molecule has 1 saturated carbocycles. The first-order valence-electron chi connectivity index (χ1n) is 10.4. The van der Waals surface area contributed by atoms with E-state index in [-0.39, 0.29) is 12.0 Å². The number of hydrogen-bond donors (Lipinski definition) is 0. The van der Waals surface area contributed by atoms with Crippen molar-refractivity contribution in [1.29, 1.82) is 0 Å². The predicted molar refractivity (Wildman–Crippen MR) is 114 cm³/mol. The summed E-state index contributed by atoms with van der Waals surface area (Å²) < 4.78 is 11.6. The van der Waals surface area contributed by atoms with Gasteiger partial charge in [0.1, 0.15) is 0 Å². The Morgan fingerprint density at radius 1 is 1.07 bits per heavy atom. The molecule has 1 aliphatic heterocycles. The van der Waals surface area contributed by atoms with Gasteiger partial charge in [-0.15, -0.1) is 0 Å². The van der Waals surface area contributed by atoms with Crippen LogP contribution in [-0.4, -0.2) is 36.3 Å². The fourth-order valence-electron chi connectivity index (χ4n) is 4.03. The van der Waals surface area contributed by atoms with Gasteiger partial charge in [0.25, 0.3) is 0 Å². The maximum atomic E-state index is 12.6. The van der Waals surface area contributed by atoms with Gasteiger partial charge in [0, 0.05) is 31.3 Å². The molecule has 2 aromatic rings. The summed E-state index contributed by atoms with van der Waals surface area (Å²) in [7, 11) is 1.66. The van der Waals surface area contributed by atoms with E-state index < -0.39 is 0 Å². The minimum Gasteiger partial charge on any atom is -0.493 e. The van der Waals surface area contributed by atoms with Crippen molar-refractivity contribution in [3.05, 3.63) is 54.1 Å². The number of hydrogen-bond acceptors (Lipinski definition) is 4. The highest BCUT2D eigenvalue weighted by Gasteiger charge is 2.23. The van der Waals surface area contributed by atoms with Crippen molar-refractivity contribution in [2.45, 2.75) is 51.2 Å². The third kappa shape index (κ3) is 4.97. The lowest BCUT2D eigenvalue weighted by atomic mass is 10.1. The minimum absolute atomic E-state index is 0.134. The van der Waals surface area contributed by atoms with Gasteiger partial charge in [-0.2, -0.15) is 0 Å². The molecule has 0 radical (unpaired) electrons. The zero-order valence-electron chi connectivity index (χ0n) is 17.0. The number of rotatable bonds is 6. The normalized spacial score (nSPS) is 19.0. The van der Waals surface area contributed by atoms with Crippen LogP contribution in [0.2, 0.25) is 0 Å². The average molecular weight is 392 g/mol. The number of aliphatic imine (C=N–C) groups is 1. The molecule has 2 fully saturated rings. The molecule has 29 heavy (non-hydrogen) atoms. The second kappa shape index (κ2) is 9.12. The summed E-state index contributed by atoms with van der Waals surface area (Å²) in [5, 5.41) is 0. The highest BCUT2D eigenvalue weighted by atomic mass is 16.5. The van der Waals surface area contributed by atoms with Gasteiger partial charge in [0.2, 0.25) is 5.91 Å². The van der Waals surface area contributed by atoms with Crippen LogP contribution in [0.5, 0.6) is 11.5 Å². The van der Waals surface area contributed by atoms with Crippen LogP contribution in [0.15, 0.2) is 53.5 Å². The van der Waals surface area contributed by atoms with E-state index in [1.54, 1.807) is 7.11 Å². The zero-order valence-corrected chi connectivity index (χ0v) is 17.0. The Bertz CT molecular complexity index is 873. The van der Waals surface area contributed by atoms with E-state index in [4.69, 9.17) is 14.5 Å². The van der Waals surface area contributed by atoms with Gasteiger partial charge < -0.3 is 14.4 Å². The highest BCUT2D eigenvalue weighted by Crippen LogP contribution is 2.35. The Hall–Kier alpha value is -2.82. The molecule has 5 nitrogen and oxygen atoms in total. The second-order valence-corrected chi connectivity index (χ2v) is 7.77. The van der Waals surface area contributed by atoms with Crippen molar-refractivity contribution < 1.29 is 14.3 Å². The van der Waals surface area contributed by atoms with Crippen molar-refractivity contribution in [2.24, 2.45) is 4.99 Å². The van der Waals surface area contributed by atoms with Gasteiger partial charge in [-0.05, 0) is 43.4 Å². The molecular weight excluding hydrogens is 364 g/mol. The first-order valence-corrected chi connectivity index (χ1v) is 10.4. The summed E-state index contributed by atoms with van der Waals surface area (Å²) in [6, 6.07) is 15.9. The van der Waals surface area contributed by atoms with Crippen LogP contribution in [0.1, 0.15) is 44.1 Å². The lowest BCUT2D eigenvalue weighted by Crippen LogP contribution is -2.38. The molecule has 1 amide bonds. The molecule has 4 rings (SSSR count). The van der Waals surface area contributed by atoms with Crippen LogP contribution in [-0.2, 0) is 11.3 Å². The summed E-state index contributed by atoms with van der Waals surface area (Å²) in [5.74, 6) is 1.61. The van der Waals surface area contributed by atoms with Gasteiger partial charge in [0.05, 0.1) is 25.3 Å². The van der Waals surface area contributed by atoms with Gasteiger partial charge in [-0.3, -0.25) is 9.79 Å². The van der Waals surface area contributed by atoms with E-state index >= 15 is 0 Å². The summed E-state index contributed by atoms with van der Waals surface area (Å²) >= 11 is 0. The topological polar surface area (TPSA) is 51.1 Å². The van der Waals surface area contributed by atoms with E-state index in [1.807, 2.05) is 41.3 Å². The smallest absolute Gasteiger partial charge is 0.228 e. The molecule has 0 aromatic heterocycles. The summed E-state index contributed by atoms with van der Waals surface area (Å²) in [6.45, 7) is 1.36. The number of carbonyl (C=O) groups excluding carboxylic acids is 1. The number of carbonyl (C=O) groups is 1. The van der Waals surface area contributed by atoms with Gasteiger partial charge in [-0.25, -0.2) is 0 Å². The molecule has 1 aliphatic carbocycles. The molecular formula is C24H28N2O3. The SMILES string of the molecule is COc1ccc(N=C2CCN(Cc3ccccc3)C(=O)C2)cc1OC1CCCC1. The van der Waals surface area contributed by atoms with Crippen molar-refractivity contribution in [2.75, 3.05) is 13.7 Å². The maximum Gasteiger partial charge on any atom is 0.228 e. The number of piperidine rings is 1. The Morgan fingerprint density at radius 3 is 2.59 bits per heavy atom. The number of methoxy groups -OCH3 is 1. The van der Waals surface area contributed by atoms with Crippen LogP contribution in [0.4, 0.5) is 5.69 Å². The van der Waals surface area contributed by atoms with Gasteiger partial charge in [-0.1, -0.05) is 30.3 Å². The Morgan fingerprint density at radius 2 is 1.86 bits per heavy atom. The largest absolute Gasteiger partial charge is 0.493 e. The van der Waals surface area contributed by atoms with Gasteiger partial charge >= 0.3 is 0 Å². The summed E-state index contributed by atoms with van der Waals surface area (Å²) in [5.41, 5.74) is 2.90. The second-order valence-electron chi connectivity index (χ2n) is 7.77. The molecule has 0 atom stereocenters. The fourth-order valence-corrected chi connectivity index (χ4v) is 4.03. The van der Waals surface area contributed by atoms with Gasteiger partial charge in [0.15, 0.2) is 11.5 Å². The van der Waals surface area contributed by atoms with Crippen LogP contribution in [0.3, 0.4) is 0 Å². The maximum absolute atomic E-state index is 12.6. The molecule has 0 N–H and O–H groups in total. The van der Waals surface area contributed by atoms with E-state index in [9.17, 15) is 4.79 Å².